The summed E-state index contributed by atoms with van der Waals surface area (Å²) in [5.41, 5.74) is 5.25. The molecular formula is C12H18FNOS. The van der Waals surface area contributed by atoms with Gasteiger partial charge in [-0.15, -0.1) is 11.8 Å². The highest BCUT2D eigenvalue weighted by Gasteiger charge is 2.21. The van der Waals surface area contributed by atoms with Gasteiger partial charge >= 0.3 is 0 Å². The van der Waals surface area contributed by atoms with Crippen molar-refractivity contribution in [3.8, 4) is 0 Å². The van der Waals surface area contributed by atoms with E-state index in [2.05, 4.69) is 0 Å². The smallest absolute Gasteiger partial charge is 0.136 e. The summed E-state index contributed by atoms with van der Waals surface area (Å²) in [7, 11) is 0. The molecule has 0 saturated carbocycles. The molecule has 1 aromatic rings. The van der Waals surface area contributed by atoms with Crippen LogP contribution in [0.3, 0.4) is 0 Å². The first-order valence-corrected chi connectivity index (χ1v) is 6.13. The minimum Gasteiger partial charge on any atom is -0.394 e. The highest BCUT2D eigenvalue weighted by atomic mass is 32.2. The van der Waals surface area contributed by atoms with Crippen LogP contribution in [0.2, 0.25) is 0 Å². The molecule has 0 fully saturated rings. The Hall–Kier alpha value is -0.580. The molecule has 2 atom stereocenters. The lowest BCUT2D eigenvalue weighted by molar-refractivity contribution is 0.201. The first-order valence-electron chi connectivity index (χ1n) is 5.25. The molecule has 0 bridgehead atoms. The molecule has 2 unspecified atom stereocenters. The van der Waals surface area contributed by atoms with E-state index in [0.29, 0.717) is 11.3 Å². The third kappa shape index (κ3) is 4.12. The van der Waals surface area contributed by atoms with Gasteiger partial charge in [0.1, 0.15) is 5.82 Å². The Labute approximate surface area is 100 Å². The molecule has 0 aliphatic heterocycles. The van der Waals surface area contributed by atoms with E-state index in [1.807, 2.05) is 13.0 Å². The lowest BCUT2D eigenvalue weighted by Crippen LogP contribution is -2.42. The van der Waals surface area contributed by atoms with Crippen molar-refractivity contribution in [3.05, 3.63) is 30.1 Å². The van der Waals surface area contributed by atoms with Crippen LogP contribution in [-0.4, -0.2) is 22.5 Å². The number of rotatable bonds is 5. The molecule has 3 N–H and O–H groups in total. The first kappa shape index (κ1) is 13.5. The fraction of sp³-hybridized carbons (Fsp3) is 0.500. The molecule has 1 aromatic carbocycles. The number of hydrogen-bond acceptors (Lipinski definition) is 3. The Morgan fingerprint density at radius 2 is 2.12 bits per heavy atom. The molecule has 0 saturated heterocycles. The topological polar surface area (TPSA) is 46.2 Å². The van der Waals surface area contributed by atoms with Gasteiger partial charge in [0.05, 0.1) is 6.61 Å². The van der Waals surface area contributed by atoms with Crippen LogP contribution in [0.5, 0.6) is 0 Å². The number of aliphatic hydroxyl groups is 1. The molecule has 90 valence electrons. The zero-order chi connectivity index (χ0) is 12.2. The van der Waals surface area contributed by atoms with Crippen molar-refractivity contribution in [1.82, 2.24) is 0 Å². The number of nitrogens with two attached hydrogens (primary N) is 1. The van der Waals surface area contributed by atoms with Crippen LogP contribution in [0.1, 0.15) is 20.3 Å². The van der Waals surface area contributed by atoms with Gasteiger partial charge in [0.2, 0.25) is 0 Å². The number of hydrogen-bond donors (Lipinski definition) is 2. The summed E-state index contributed by atoms with van der Waals surface area (Å²) in [6.45, 7) is 3.72. The molecule has 0 heterocycles. The second-order valence-electron chi connectivity index (χ2n) is 4.38. The molecule has 16 heavy (non-hydrogen) atoms. The van der Waals surface area contributed by atoms with Gasteiger partial charge in [0.25, 0.3) is 0 Å². The normalized spacial score (nSPS) is 16.8. The minimum absolute atomic E-state index is 0.0603. The average Bonchev–Trinajstić information content (AvgIpc) is 2.21. The molecule has 0 aliphatic rings. The Morgan fingerprint density at radius 3 is 2.69 bits per heavy atom. The van der Waals surface area contributed by atoms with Crippen molar-refractivity contribution in [2.75, 3.05) is 6.61 Å². The number of halogens is 1. The van der Waals surface area contributed by atoms with Crippen LogP contribution >= 0.6 is 11.8 Å². The molecule has 0 aromatic heterocycles. The molecule has 0 aliphatic carbocycles. The minimum atomic E-state index is -0.600. The van der Waals surface area contributed by atoms with Crippen molar-refractivity contribution < 1.29 is 9.50 Å². The standard InChI is InChI=1S/C12H18FNOS/c1-9(7-12(2,14)8-15)16-11-6-4-3-5-10(11)13/h3-6,9,15H,7-8,14H2,1-2H3. The van der Waals surface area contributed by atoms with Crippen LogP contribution in [0.4, 0.5) is 4.39 Å². The average molecular weight is 243 g/mol. The molecule has 0 spiro atoms. The van der Waals surface area contributed by atoms with Gasteiger partial charge in [0, 0.05) is 15.7 Å². The molecule has 4 heteroatoms. The Bertz CT molecular complexity index is 344. The third-order valence-corrected chi connectivity index (χ3v) is 3.43. The molecule has 2 nitrogen and oxygen atoms in total. The van der Waals surface area contributed by atoms with Gasteiger partial charge in [-0.25, -0.2) is 4.39 Å². The van der Waals surface area contributed by atoms with E-state index in [1.54, 1.807) is 19.1 Å². The van der Waals surface area contributed by atoms with E-state index < -0.39 is 5.54 Å². The van der Waals surface area contributed by atoms with Crippen molar-refractivity contribution in [2.24, 2.45) is 5.73 Å². The van der Waals surface area contributed by atoms with Crippen LogP contribution in [0, 0.1) is 5.82 Å². The third-order valence-electron chi connectivity index (χ3n) is 2.28. The lowest BCUT2D eigenvalue weighted by atomic mass is 9.99. The fourth-order valence-electron chi connectivity index (χ4n) is 1.52. The molecule has 0 radical (unpaired) electrons. The number of benzene rings is 1. The van der Waals surface area contributed by atoms with Gasteiger partial charge in [-0.3, -0.25) is 0 Å². The van der Waals surface area contributed by atoms with E-state index in [9.17, 15) is 4.39 Å². The van der Waals surface area contributed by atoms with Crippen molar-refractivity contribution in [1.29, 1.82) is 0 Å². The van der Waals surface area contributed by atoms with Crippen LogP contribution < -0.4 is 5.73 Å². The zero-order valence-electron chi connectivity index (χ0n) is 9.61. The van der Waals surface area contributed by atoms with E-state index >= 15 is 0 Å². The summed E-state index contributed by atoms with van der Waals surface area (Å²) in [6, 6.07) is 6.68. The van der Waals surface area contributed by atoms with Gasteiger partial charge in [-0.1, -0.05) is 19.1 Å². The van der Waals surface area contributed by atoms with E-state index in [-0.39, 0.29) is 17.7 Å². The SMILES string of the molecule is CC(CC(C)(N)CO)Sc1ccccc1F. The fourth-order valence-corrected chi connectivity index (χ4v) is 2.76. The summed E-state index contributed by atoms with van der Waals surface area (Å²) in [6.07, 6.45) is 0.641. The Morgan fingerprint density at radius 1 is 1.50 bits per heavy atom. The summed E-state index contributed by atoms with van der Waals surface area (Å²) >= 11 is 1.45. The maximum Gasteiger partial charge on any atom is 0.136 e. The lowest BCUT2D eigenvalue weighted by Gasteiger charge is -2.25. The van der Waals surface area contributed by atoms with Gasteiger partial charge in [0.15, 0.2) is 0 Å². The predicted octanol–water partition coefficient (Wildman–Crippen LogP) is 2.41. The largest absolute Gasteiger partial charge is 0.394 e. The maximum absolute atomic E-state index is 13.4. The molecule has 0 amide bonds. The number of aliphatic hydroxyl groups excluding tert-OH is 1. The van der Waals surface area contributed by atoms with Crippen molar-refractivity contribution in [2.45, 2.75) is 36.0 Å². The Kier molecular flexibility index (Phi) is 4.77. The summed E-state index contributed by atoms with van der Waals surface area (Å²) in [4.78, 5) is 0.628. The zero-order valence-corrected chi connectivity index (χ0v) is 10.4. The highest BCUT2D eigenvalue weighted by molar-refractivity contribution is 8.00. The predicted molar refractivity (Wildman–Crippen MR) is 66.0 cm³/mol. The summed E-state index contributed by atoms with van der Waals surface area (Å²) < 4.78 is 13.4. The maximum atomic E-state index is 13.4. The van der Waals surface area contributed by atoms with Crippen LogP contribution in [0.15, 0.2) is 29.2 Å². The Balaban J connectivity index is 2.58. The summed E-state index contributed by atoms with van der Waals surface area (Å²) in [5, 5.41) is 9.22. The van der Waals surface area contributed by atoms with Gasteiger partial charge in [-0.05, 0) is 25.5 Å². The number of thioether (sulfide) groups is 1. The highest BCUT2D eigenvalue weighted by Crippen LogP contribution is 2.29. The monoisotopic (exact) mass is 243 g/mol. The molecule has 1 rings (SSSR count). The van der Waals surface area contributed by atoms with Gasteiger partial charge in [-0.2, -0.15) is 0 Å². The van der Waals surface area contributed by atoms with Crippen LogP contribution in [0.25, 0.3) is 0 Å². The van der Waals surface area contributed by atoms with Crippen molar-refractivity contribution in [3.63, 3.8) is 0 Å². The second-order valence-corrected chi connectivity index (χ2v) is 5.86. The van der Waals surface area contributed by atoms with Crippen molar-refractivity contribution >= 4 is 11.8 Å². The van der Waals surface area contributed by atoms with E-state index in [1.165, 1.54) is 17.8 Å². The molecular weight excluding hydrogens is 225 g/mol. The first-order chi connectivity index (χ1) is 7.44. The van der Waals surface area contributed by atoms with E-state index in [4.69, 9.17) is 10.8 Å². The second kappa shape index (κ2) is 5.66. The summed E-state index contributed by atoms with van der Waals surface area (Å²) in [5.74, 6) is -0.206. The van der Waals surface area contributed by atoms with Crippen LogP contribution in [-0.2, 0) is 0 Å². The van der Waals surface area contributed by atoms with E-state index in [0.717, 1.165) is 0 Å². The quantitative estimate of drug-likeness (QED) is 0.781. The van der Waals surface area contributed by atoms with Gasteiger partial charge < -0.3 is 10.8 Å².